The maximum Gasteiger partial charge on any atom is 0.310 e. The van der Waals surface area contributed by atoms with Crippen molar-refractivity contribution in [3.8, 4) is 0 Å². The molecule has 1 fully saturated rings. The molecule has 2 heterocycles. The molecule has 9 heteroatoms. The molecule has 2 N–H and O–H groups in total. The maximum atomic E-state index is 12.6. The van der Waals surface area contributed by atoms with Crippen LogP contribution in [0.5, 0.6) is 0 Å². The van der Waals surface area contributed by atoms with E-state index in [1.807, 2.05) is 6.92 Å². The van der Waals surface area contributed by atoms with Crippen molar-refractivity contribution in [1.29, 1.82) is 0 Å². The van der Waals surface area contributed by atoms with Gasteiger partial charge in [-0.1, -0.05) is 6.92 Å². The highest BCUT2D eigenvalue weighted by Gasteiger charge is 2.38. The molecular weight excluding hydrogens is 296 g/mol. The van der Waals surface area contributed by atoms with Crippen molar-refractivity contribution in [3.05, 3.63) is 6.20 Å². The number of esters is 1. The fourth-order valence-electron chi connectivity index (χ4n) is 2.41. The summed E-state index contributed by atoms with van der Waals surface area (Å²) < 4.78 is 32.6. The summed E-state index contributed by atoms with van der Waals surface area (Å²) >= 11 is 0. The Morgan fingerprint density at radius 1 is 1.57 bits per heavy atom. The molecule has 0 saturated carbocycles. The minimum Gasteiger partial charge on any atom is -0.469 e. The molecule has 1 unspecified atom stereocenters. The number of carbonyl (C=O) groups is 1. The summed E-state index contributed by atoms with van der Waals surface area (Å²) in [6.07, 6.45) is 2.73. The van der Waals surface area contributed by atoms with Gasteiger partial charge < -0.3 is 10.5 Å². The summed E-state index contributed by atoms with van der Waals surface area (Å²) in [5.41, 5.74) is 5.72. The fraction of sp³-hybridized carbons (Fsp3) is 0.667. The molecule has 0 radical (unpaired) electrons. The molecule has 0 aliphatic carbocycles. The molecular formula is C12H20N4O4S. The average Bonchev–Trinajstić information content (AvgIpc) is 3.06. The zero-order chi connectivity index (χ0) is 15.6. The number of carbonyl (C=O) groups excluding carboxylic acids is 1. The van der Waals surface area contributed by atoms with E-state index in [4.69, 9.17) is 5.73 Å². The lowest BCUT2D eigenvalue weighted by Crippen LogP contribution is -2.30. The topological polar surface area (TPSA) is 108 Å². The number of nitrogens with two attached hydrogens (primary N) is 1. The first kappa shape index (κ1) is 15.8. The third-order valence-electron chi connectivity index (χ3n) is 3.51. The van der Waals surface area contributed by atoms with Crippen molar-refractivity contribution in [2.45, 2.75) is 31.2 Å². The van der Waals surface area contributed by atoms with Crippen molar-refractivity contribution in [2.75, 3.05) is 25.9 Å². The second-order valence-corrected chi connectivity index (χ2v) is 6.92. The number of hydrogen-bond donors (Lipinski definition) is 1. The predicted molar refractivity (Wildman–Crippen MR) is 75.8 cm³/mol. The van der Waals surface area contributed by atoms with E-state index in [1.165, 1.54) is 22.3 Å². The van der Waals surface area contributed by atoms with Crippen molar-refractivity contribution < 1.29 is 17.9 Å². The Labute approximate surface area is 123 Å². The molecule has 21 heavy (non-hydrogen) atoms. The van der Waals surface area contributed by atoms with E-state index in [0.29, 0.717) is 13.0 Å². The Morgan fingerprint density at radius 3 is 2.90 bits per heavy atom. The van der Waals surface area contributed by atoms with Crippen molar-refractivity contribution in [1.82, 2.24) is 14.1 Å². The Kier molecular flexibility index (Phi) is 4.52. The van der Waals surface area contributed by atoms with Crippen LogP contribution < -0.4 is 5.73 Å². The monoisotopic (exact) mass is 316 g/mol. The standard InChI is InChI=1S/C12H20N4O4S/c1-3-5-15-8-10(11(13)14-15)21(18,19)16-6-4-9(7-16)12(17)20-2/h8-9H,3-7H2,1-2H3,(H2,13,14). The lowest BCUT2D eigenvalue weighted by atomic mass is 10.1. The van der Waals surface area contributed by atoms with Crippen LogP contribution in [0.15, 0.2) is 11.1 Å². The van der Waals surface area contributed by atoms with Crippen LogP contribution in [0.2, 0.25) is 0 Å². The van der Waals surface area contributed by atoms with Crippen LogP contribution in [-0.4, -0.2) is 48.7 Å². The molecule has 0 aromatic carbocycles. The number of aryl methyl sites for hydroxylation is 1. The molecule has 2 rings (SSSR count). The molecule has 8 nitrogen and oxygen atoms in total. The summed E-state index contributed by atoms with van der Waals surface area (Å²) in [5.74, 6) is -0.816. The van der Waals surface area contributed by atoms with Crippen molar-refractivity contribution in [2.24, 2.45) is 5.92 Å². The zero-order valence-electron chi connectivity index (χ0n) is 12.2. The van der Waals surface area contributed by atoms with Gasteiger partial charge in [0.25, 0.3) is 0 Å². The van der Waals surface area contributed by atoms with E-state index in [9.17, 15) is 13.2 Å². The molecule has 0 bridgehead atoms. The van der Waals surface area contributed by atoms with E-state index >= 15 is 0 Å². The van der Waals surface area contributed by atoms with E-state index in [0.717, 1.165) is 6.42 Å². The molecule has 0 spiro atoms. The highest BCUT2D eigenvalue weighted by atomic mass is 32.2. The van der Waals surface area contributed by atoms with E-state index in [-0.39, 0.29) is 29.8 Å². The number of nitrogens with zero attached hydrogens (tertiary/aromatic N) is 3. The maximum absolute atomic E-state index is 12.6. The minimum absolute atomic E-state index is 0.00136. The van der Waals surface area contributed by atoms with Crippen LogP contribution in [0.3, 0.4) is 0 Å². The van der Waals surface area contributed by atoms with Crippen molar-refractivity contribution >= 4 is 21.8 Å². The molecule has 1 saturated heterocycles. The normalized spacial score (nSPS) is 19.8. The Bertz CT molecular complexity index is 625. The Balaban J connectivity index is 2.21. The van der Waals surface area contributed by atoms with Crippen LogP contribution in [-0.2, 0) is 26.1 Å². The molecule has 1 aromatic rings. The first-order valence-corrected chi connectivity index (χ1v) is 8.25. The highest BCUT2D eigenvalue weighted by Crippen LogP contribution is 2.27. The molecule has 1 atom stereocenters. The summed E-state index contributed by atoms with van der Waals surface area (Å²) in [4.78, 5) is 11.5. The third-order valence-corrected chi connectivity index (χ3v) is 5.39. The largest absolute Gasteiger partial charge is 0.469 e. The van der Waals surface area contributed by atoms with Gasteiger partial charge in [0.2, 0.25) is 10.0 Å². The number of hydrogen-bond acceptors (Lipinski definition) is 6. The minimum atomic E-state index is -3.72. The third kappa shape index (κ3) is 3.03. The van der Waals surface area contributed by atoms with Crippen LogP contribution >= 0.6 is 0 Å². The van der Waals surface area contributed by atoms with Gasteiger partial charge in [-0.25, -0.2) is 8.42 Å². The molecule has 1 aliphatic heterocycles. The Morgan fingerprint density at radius 2 is 2.29 bits per heavy atom. The second kappa shape index (κ2) is 6.02. The first-order chi connectivity index (χ1) is 9.90. The number of rotatable bonds is 5. The zero-order valence-corrected chi connectivity index (χ0v) is 13.0. The van der Waals surface area contributed by atoms with Crippen LogP contribution in [0.1, 0.15) is 19.8 Å². The predicted octanol–water partition coefficient (Wildman–Crippen LogP) is 0.0589. The van der Waals surface area contributed by atoms with Gasteiger partial charge in [-0.2, -0.15) is 9.40 Å². The lowest BCUT2D eigenvalue weighted by Gasteiger charge is -2.15. The van der Waals surface area contributed by atoms with E-state index in [1.54, 1.807) is 0 Å². The van der Waals surface area contributed by atoms with Crippen molar-refractivity contribution in [3.63, 3.8) is 0 Å². The number of anilines is 1. The Hall–Kier alpha value is -1.61. The van der Waals surface area contributed by atoms with E-state index in [2.05, 4.69) is 9.84 Å². The van der Waals surface area contributed by atoms with Gasteiger partial charge in [-0.3, -0.25) is 9.48 Å². The van der Waals surface area contributed by atoms with Crippen LogP contribution in [0, 0.1) is 5.92 Å². The second-order valence-electron chi connectivity index (χ2n) is 5.01. The molecule has 118 valence electrons. The summed E-state index contributed by atoms with van der Waals surface area (Å²) in [6.45, 7) is 2.96. The number of aromatic nitrogens is 2. The first-order valence-electron chi connectivity index (χ1n) is 6.81. The van der Waals surface area contributed by atoms with Gasteiger partial charge in [-0.15, -0.1) is 0 Å². The number of methoxy groups -OCH3 is 1. The number of sulfonamides is 1. The van der Waals surface area contributed by atoms with Gasteiger partial charge in [0, 0.05) is 25.8 Å². The summed E-state index contributed by atoms with van der Waals surface area (Å²) in [6, 6.07) is 0. The van der Waals surface area contributed by atoms with E-state index < -0.39 is 15.9 Å². The highest BCUT2D eigenvalue weighted by molar-refractivity contribution is 7.89. The van der Waals surface area contributed by atoms with Gasteiger partial charge in [0.05, 0.1) is 13.0 Å². The van der Waals surface area contributed by atoms with Gasteiger partial charge >= 0.3 is 5.97 Å². The number of ether oxygens (including phenoxy) is 1. The summed E-state index contributed by atoms with van der Waals surface area (Å²) in [7, 11) is -2.43. The molecule has 1 aliphatic rings. The summed E-state index contributed by atoms with van der Waals surface area (Å²) in [5, 5.41) is 4.01. The SMILES string of the molecule is CCCn1cc(S(=O)(=O)N2CCC(C(=O)OC)C2)c(N)n1. The van der Waals surface area contributed by atoms with Crippen LogP contribution in [0.25, 0.3) is 0 Å². The lowest BCUT2D eigenvalue weighted by molar-refractivity contribution is -0.144. The number of nitrogen functional groups attached to an aromatic ring is 1. The molecule has 0 amide bonds. The fourth-order valence-corrected chi connectivity index (χ4v) is 3.97. The van der Waals surface area contributed by atoms with Gasteiger partial charge in [0.1, 0.15) is 4.90 Å². The van der Waals surface area contributed by atoms with Gasteiger partial charge in [0.15, 0.2) is 5.82 Å². The van der Waals surface area contributed by atoms with Crippen LogP contribution in [0.4, 0.5) is 5.82 Å². The molecule has 1 aromatic heterocycles. The average molecular weight is 316 g/mol. The quantitative estimate of drug-likeness (QED) is 0.770. The van der Waals surface area contributed by atoms with Gasteiger partial charge in [-0.05, 0) is 12.8 Å². The smallest absolute Gasteiger partial charge is 0.310 e.